The van der Waals surface area contributed by atoms with Crippen LogP contribution in [-0.4, -0.2) is 88.3 Å². The highest BCUT2D eigenvalue weighted by molar-refractivity contribution is 9.09. The Bertz CT molecular complexity index is 2050. The molecule has 0 amide bonds. The summed E-state index contributed by atoms with van der Waals surface area (Å²) in [6, 6.07) is 2.02. The van der Waals surface area contributed by atoms with Crippen LogP contribution in [0.25, 0.3) is 12.2 Å². The van der Waals surface area contributed by atoms with Crippen LogP contribution >= 0.6 is 32.1 Å². The minimum Gasteiger partial charge on any atom is -0.493 e. The van der Waals surface area contributed by atoms with Crippen LogP contribution < -0.4 is 9.47 Å². The fourth-order valence-corrected chi connectivity index (χ4v) is 10.0. The molecule has 0 aliphatic carbocycles. The molecule has 2 aromatic carbocycles. The summed E-state index contributed by atoms with van der Waals surface area (Å²) in [6.45, 7) is 31.6. The van der Waals surface area contributed by atoms with Crippen molar-refractivity contribution >= 4 is 72.4 Å². The number of ether oxygens (including phenoxy) is 4. The van der Waals surface area contributed by atoms with Crippen molar-refractivity contribution in [2.45, 2.75) is 105 Å². The van der Waals surface area contributed by atoms with Gasteiger partial charge >= 0.3 is 28.1 Å². The normalized spacial score (nSPS) is 13.9. The monoisotopic (exact) mass is 1030 g/mol. The first-order valence-corrected chi connectivity index (χ1v) is 32.6. The van der Waals surface area contributed by atoms with Gasteiger partial charge in [0.05, 0.1) is 19.4 Å². The average Bonchev–Trinajstić information content (AvgIpc) is 3.83. The summed E-state index contributed by atoms with van der Waals surface area (Å²) in [5, 5.41) is 0.828. The number of halogens is 1. The maximum Gasteiger partial charge on any atom is 0.342 e. The second-order valence-corrected chi connectivity index (χ2v) is 33.4. The summed E-state index contributed by atoms with van der Waals surface area (Å²) in [6.07, 6.45) is 9.24. The molecule has 0 fully saturated rings. The van der Waals surface area contributed by atoms with Crippen LogP contribution in [0.3, 0.4) is 0 Å². The maximum atomic E-state index is 12.5. The molecule has 2 aliphatic rings. The summed E-state index contributed by atoms with van der Waals surface area (Å²) in [7, 11) is 0.651. The molecule has 0 atom stereocenters. The number of carbonyl (C=O) groups excluding carboxylic acids is 2. The number of rotatable bonds is 22. The Balaban J connectivity index is 0.000000387. The van der Waals surface area contributed by atoms with Crippen LogP contribution in [0.15, 0.2) is 36.5 Å². The Morgan fingerprint density at radius 3 is 1.38 bits per heavy atom. The zero-order valence-corrected chi connectivity index (χ0v) is 46.3. The van der Waals surface area contributed by atoms with Crippen LogP contribution in [-0.2, 0) is 62.7 Å². The third-order valence-electron chi connectivity index (χ3n) is 10.6. The van der Waals surface area contributed by atoms with Gasteiger partial charge in [-0.15, -0.1) is 0 Å². The molecule has 2 aromatic rings. The summed E-state index contributed by atoms with van der Waals surface area (Å²) in [4.78, 5) is 25.0. The van der Waals surface area contributed by atoms with Crippen molar-refractivity contribution in [2.75, 3.05) is 60.3 Å². The molecule has 2 heterocycles. The zero-order chi connectivity index (χ0) is 48.6. The first-order chi connectivity index (χ1) is 30.0. The summed E-state index contributed by atoms with van der Waals surface area (Å²) < 4.78 is 59.7. The minimum atomic E-state index is -3.15. The molecule has 0 N–H and O–H groups in total. The number of allylic oxidation sites excluding steroid dienone is 4. The number of hydrogen-bond acceptors (Lipinski definition) is 12. The molecular formula is C47H73BrO12P2Si2. The average molecular weight is 1030 g/mol. The van der Waals surface area contributed by atoms with Gasteiger partial charge in [0, 0.05) is 79.3 Å². The van der Waals surface area contributed by atoms with Crippen LogP contribution in [0.1, 0.15) is 79.1 Å². The van der Waals surface area contributed by atoms with Crippen LogP contribution in [0.4, 0.5) is 0 Å². The van der Waals surface area contributed by atoms with E-state index in [1.54, 1.807) is 27.4 Å². The predicted octanol–water partition coefficient (Wildman–Crippen LogP) is 13.1. The second kappa shape index (κ2) is 26.6. The fourth-order valence-electron chi connectivity index (χ4n) is 6.79. The van der Waals surface area contributed by atoms with E-state index < -0.39 is 32.3 Å². The highest BCUT2D eigenvalue weighted by atomic mass is 79.9. The molecule has 0 saturated heterocycles. The largest absolute Gasteiger partial charge is 0.493 e. The van der Waals surface area contributed by atoms with Crippen molar-refractivity contribution in [2.24, 2.45) is 0 Å². The molecule has 0 saturated carbocycles. The number of fused-ring (bicyclic) bond motifs is 2. The topological polar surface area (TPSA) is 134 Å². The molecule has 12 nitrogen and oxygen atoms in total. The number of benzene rings is 2. The molecular weight excluding hydrogens is 955 g/mol. The molecule has 358 valence electrons. The summed E-state index contributed by atoms with van der Waals surface area (Å²) in [5.41, 5.74) is 11.1. The smallest absolute Gasteiger partial charge is 0.342 e. The summed E-state index contributed by atoms with van der Waals surface area (Å²) >= 11 is 3.49. The van der Waals surface area contributed by atoms with E-state index in [1.807, 2.05) is 32.9 Å². The van der Waals surface area contributed by atoms with Gasteiger partial charge < -0.3 is 41.6 Å². The lowest BCUT2D eigenvalue weighted by Gasteiger charge is -2.21. The van der Waals surface area contributed by atoms with Gasteiger partial charge in [-0.3, -0.25) is 4.57 Å². The lowest BCUT2D eigenvalue weighted by Crippen LogP contribution is -2.23. The Morgan fingerprint density at radius 1 is 0.703 bits per heavy atom. The number of esters is 2. The van der Waals surface area contributed by atoms with E-state index in [-0.39, 0.29) is 24.7 Å². The number of hydrogen-bond donors (Lipinski definition) is 0. The van der Waals surface area contributed by atoms with Crippen molar-refractivity contribution in [3.8, 4) is 11.5 Å². The zero-order valence-electron chi connectivity index (χ0n) is 41.0. The lowest BCUT2D eigenvalue weighted by atomic mass is 9.90. The van der Waals surface area contributed by atoms with Gasteiger partial charge in [-0.25, -0.2) is 9.59 Å². The molecule has 64 heavy (non-hydrogen) atoms. The Kier molecular flexibility index (Phi) is 23.9. The number of carbonyl (C=O) groups is 2. The maximum absolute atomic E-state index is 12.5. The van der Waals surface area contributed by atoms with Gasteiger partial charge in [-0.2, -0.15) is 0 Å². The van der Waals surface area contributed by atoms with Crippen molar-refractivity contribution < 1.29 is 55.7 Å². The van der Waals surface area contributed by atoms with Crippen LogP contribution in [0, 0.1) is 13.8 Å². The molecule has 0 unspecified atom stereocenters. The van der Waals surface area contributed by atoms with Gasteiger partial charge in [-0.05, 0) is 74.9 Å². The molecule has 17 heteroatoms. The third kappa shape index (κ3) is 16.6. The standard InChI is InChI=1S/C23H35O6PSi.C21H29BrO3Si.C3H9O3P/c1-9-18-17(3)20-14-29-23(24)21(20)22(28-12-13-31(6,7)8)19(18)11-10-16(2)15-30(25,26-4)27-5;1-7-16-15(3)18-13-25-21(23)19(18)20(24-10-11-26(4,5)6)17(16)9-8-14(2)12-22;1-4-7(5-2)6-3/h9-10H,1,11-15H2,2-8H3;7-8H,1,9-13H2,2-6H3;1-3H3/b16-10+;14-8+;. The summed E-state index contributed by atoms with van der Waals surface area (Å²) in [5.74, 6) is 0.660. The Morgan fingerprint density at radius 2 is 1.08 bits per heavy atom. The van der Waals surface area contributed by atoms with Crippen molar-refractivity contribution in [1.82, 2.24) is 0 Å². The highest BCUT2D eigenvalue weighted by Crippen LogP contribution is 2.48. The Labute approximate surface area is 395 Å². The van der Waals surface area contributed by atoms with E-state index in [0.29, 0.717) is 55.3 Å². The van der Waals surface area contributed by atoms with Gasteiger partial charge in [-0.1, -0.05) is 104 Å². The van der Waals surface area contributed by atoms with E-state index in [4.69, 9.17) is 28.0 Å². The third-order valence-corrected chi connectivity index (χ3v) is 17.8. The first kappa shape index (κ1) is 57.4. The van der Waals surface area contributed by atoms with Gasteiger partial charge in [0.15, 0.2) is 0 Å². The molecule has 0 bridgehead atoms. The van der Waals surface area contributed by atoms with E-state index >= 15 is 0 Å². The van der Waals surface area contributed by atoms with Gasteiger partial charge in [0.1, 0.15) is 35.8 Å². The lowest BCUT2D eigenvalue weighted by molar-refractivity contribution is 0.0523. The molecule has 0 radical (unpaired) electrons. The molecule has 2 aliphatic heterocycles. The van der Waals surface area contributed by atoms with Crippen molar-refractivity contribution in [3.63, 3.8) is 0 Å². The molecule has 4 rings (SSSR count). The van der Waals surface area contributed by atoms with Crippen molar-refractivity contribution in [3.05, 3.63) is 92.1 Å². The quantitative estimate of drug-likeness (QED) is 0.0365. The van der Waals surface area contributed by atoms with Gasteiger partial charge in [0.25, 0.3) is 0 Å². The van der Waals surface area contributed by atoms with Crippen LogP contribution in [0.5, 0.6) is 11.5 Å². The molecule has 0 spiro atoms. The van der Waals surface area contributed by atoms with E-state index in [1.165, 1.54) is 19.8 Å². The van der Waals surface area contributed by atoms with Gasteiger partial charge in [0.2, 0.25) is 0 Å². The fraction of sp³-hybridized carbons (Fsp3) is 0.532. The SMILES string of the molecule is C=Cc1c(C)c2c(c(OCC[Si](C)(C)C)c1C/C=C(\C)CBr)C(=O)OC2.C=Cc1c(C)c2c(c(OCC[Si](C)(C)C)c1C/C=C(\C)CP(=O)(OC)OC)C(=O)OC2.COP(OC)OC. The second-order valence-electron chi connectivity index (χ2n) is 17.8. The molecule has 0 aromatic heterocycles. The van der Waals surface area contributed by atoms with Crippen molar-refractivity contribution in [1.29, 1.82) is 0 Å². The van der Waals surface area contributed by atoms with E-state index in [9.17, 15) is 14.2 Å². The van der Waals surface area contributed by atoms with Crippen LogP contribution in [0.2, 0.25) is 51.4 Å². The van der Waals surface area contributed by atoms with E-state index in [0.717, 1.165) is 67.5 Å². The highest BCUT2D eigenvalue weighted by Gasteiger charge is 2.34. The predicted molar refractivity (Wildman–Crippen MR) is 271 cm³/mol. The minimum absolute atomic E-state index is 0.196. The number of alkyl halides is 1. The first-order valence-electron chi connectivity index (χ1n) is 21.2. The Hall–Kier alpha value is -2.69. The number of cyclic esters (lactones) is 2. The van der Waals surface area contributed by atoms with E-state index in [2.05, 4.69) is 94.9 Å².